The first kappa shape index (κ1) is 12.9. The molecule has 1 aromatic rings. The summed E-state index contributed by atoms with van der Waals surface area (Å²) in [6.07, 6.45) is 1.15. The third-order valence-corrected chi connectivity index (χ3v) is 3.73. The summed E-state index contributed by atoms with van der Waals surface area (Å²) in [6.45, 7) is 7.85. The van der Waals surface area contributed by atoms with Gasteiger partial charge >= 0.3 is 0 Å². The summed E-state index contributed by atoms with van der Waals surface area (Å²) in [5.74, 6) is 0. The van der Waals surface area contributed by atoms with E-state index >= 15 is 0 Å². The molecule has 0 aromatic heterocycles. The van der Waals surface area contributed by atoms with Gasteiger partial charge in [0, 0.05) is 36.7 Å². The number of nitrogens with zero attached hydrogens (tertiary/aromatic N) is 1. The average Bonchev–Trinajstić information content (AvgIpc) is 2.33. The normalized spacial score (nSPS) is 23.6. The van der Waals surface area contributed by atoms with Crippen molar-refractivity contribution in [3.05, 3.63) is 34.9 Å². The lowest BCUT2D eigenvalue weighted by molar-refractivity contribution is 0.145. The molecule has 1 fully saturated rings. The van der Waals surface area contributed by atoms with Gasteiger partial charge in [0.05, 0.1) is 0 Å². The predicted octanol–water partition coefficient (Wildman–Crippen LogP) is 3.08. The monoisotopic (exact) mass is 252 g/mol. The Kier molecular flexibility index (Phi) is 4.43. The van der Waals surface area contributed by atoms with Crippen LogP contribution in [0.2, 0.25) is 5.02 Å². The van der Waals surface area contributed by atoms with Gasteiger partial charge in [0.1, 0.15) is 0 Å². The van der Waals surface area contributed by atoms with Crippen molar-refractivity contribution in [2.45, 2.75) is 32.4 Å². The van der Waals surface area contributed by atoms with Crippen molar-refractivity contribution in [3.8, 4) is 0 Å². The Labute approximate surface area is 109 Å². The highest BCUT2D eigenvalue weighted by atomic mass is 35.5. The minimum Gasteiger partial charge on any atom is -0.312 e. The first-order valence-electron chi connectivity index (χ1n) is 6.43. The minimum atomic E-state index is 0.525. The van der Waals surface area contributed by atoms with Crippen molar-refractivity contribution >= 4 is 11.6 Å². The van der Waals surface area contributed by atoms with E-state index in [-0.39, 0.29) is 0 Å². The van der Waals surface area contributed by atoms with Gasteiger partial charge in [-0.15, -0.1) is 0 Å². The molecule has 1 aliphatic heterocycles. The zero-order chi connectivity index (χ0) is 12.3. The lowest BCUT2D eigenvalue weighted by Crippen LogP contribution is -2.50. The molecule has 94 valence electrons. The van der Waals surface area contributed by atoms with Gasteiger partial charge in [-0.1, -0.05) is 30.7 Å². The SMILES string of the molecule is CCC(c1ccc(Cl)cc1)N1CCNC(C)C1. The molecule has 0 amide bonds. The van der Waals surface area contributed by atoms with E-state index < -0.39 is 0 Å². The number of hydrogen-bond acceptors (Lipinski definition) is 2. The first-order chi connectivity index (χ1) is 8.20. The summed E-state index contributed by atoms with van der Waals surface area (Å²) >= 11 is 5.94. The zero-order valence-corrected chi connectivity index (χ0v) is 11.4. The molecule has 0 spiro atoms. The predicted molar refractivity (Wildman–Crippen MR) is 73.5 cm³/mol. The summed E-state index contributed by atoms with van der Waals surface area (Å²) in [7, 11) is 0. The molecule has 0 bridgehead atoms. The summed E-state index contributed by atoms with van der Waals surface area (Å²) < 4.78 is 0. The molecule has 2 unspecified atom stereocenters. The van der Waals surface area contributed by atoms with Crippen molar-refractivity contribution in [3.63, 3.8) is 0 Å². The third kappa shape index (κ3) is 3.21. The van der Waals surface area contributed by atoms with Crippen LogP contribution in [0.15, 0.2) is 24.3 Å². The van der Waals surface area contributed by atoms with Gasteiger partial charge in [0.25, 0.3) is 0 Å². The molecule has 2 rings (SSSR count). The van der Waals surface area contributed by atoms with Gasteiger partial charge in [-0.2, -0.15) is 0 Å². The van der Waals surface area contributed by atoms with Crippen molar-refractivity contribution < 1.29 is 0 Å². The zero-order valence-electron chi connectivity index (χ0n) is 10.6. The van der Waals surface area contributed by atoms with E-state index in [0.29, 0.717) is 12.1 Å². The van der Waals surface area contributed by atoms with Crippen LogP contribution in [-0.4, -0.2) is 30.6 Å². The van der Waals surface area contributed by atoms with Crippen LogP contribution in [0.1, 0.15) is 31.9 Å². The molecule has 1 heterocycles. The number of halogens is 1. The van der Waals surface area contributed by atoms with Crippen LogP contribution in [0.25, 0.3) is 0 Å². The molecule has 2 atom stereocenters. The highest BCUT2D eigenvalue weighted by Gasteiger charge is 2.23. The maximum absolute atomic E-state index is 5.94. The quantitative estimate of drug-likeness (QED) is 0.890. The van der Waals surface area contributed by atoms with Gasteiger partial charge in [0.15, 0.2) is 0 Å². The maximum Gasteiger partial charge on any atom is 0.0406 e. The molecule has 17 heavy (non-hydrogen) atoms. The number of benzene rings is 1. The molecule has 0 saturated carbocycles. The smallest absolute Gasteiger partial charge is 0.0406 e. The number of nitrogens with one attached hydrogen (secondary N) is 1. The van der Waals surface area contributed by atoms with Crippen LogP contribution in [0.4, 0.5) is 0 Å². The van der Waals surface area contributed by atoms with Crippen LogP contribution < -0.4 is 5.32 Å². The summed E-state index contributed by atoms with van der Waals surface area (Å²) in [6, 6.07) is 9.41. The Bertz CT molecular complexity index is 350. The van der Waals surface area contributed by atoms with Crippen LogP contribution in [0, 0.1) is 0 Å². The lowest BCUT2D eigenvalue weighted by Gasteiger charge is -2.37. The van der Waals surface area contributed by atoms with Crippen molar-refractivity contribution in [2.24, 2.45) is 0 Å². The van der Waals surface area contributed by atoms with E-state index in [2.05, 4.69) is 36.2 Å². The molecule has 1 N–H and O–H groups in total. The second-order valence-corrected chi connectivity index (χ2v) is 5.26. The van der Waals surface area contributed by atoms with E-state index in [1.807, 2.05) is 12.1 Å². The Morgan fingerprint density at radius 3 is 2.71 bits per heavy atom. The molecule has 3 heteroatoms. The van der Waals surface area contributed by atoms with E-state index in [9.17, 15) is 0 Å². The number of rotatable bonds is 3. The van der Waals surface area contributed by atoms with Crippen LogP contribution in [0.5, 0.6) is 0 Å². The number of piperazine rings is 1. The Balaban J connectivity index is 2.12. The second-order valence-electron chi connectivity index (χ2n) is 4.83. The molecule has 1 aromatic carbocycles. The fourth-order valence-electron chi connectivity index (χ4n) is 2.63. The second kappa shape index (κ2) is 5.85. The first-order valence-corrected chi connectivity index (χ1v) is 6.81. The summed E-state index contributed by atoms with van der Waals surface area (Å²) in [5, 5.41) is 4.31. The largest absolute Gasteiger partial charge is 0.312 e. The van der Waals surface area contributed by atoms with Gasteiger partial charge in [-0.3, -0.25) is 4.90 Å². The summed E-state index contributed by atoms with van der Waals surface area (Å²) in [5.41, 5.74) is 1.38. The van der Waals surface area contributed by atoms with E-state index in [4.69, 9.17) is 11.6 Å². The highest BCUT2D eigenvalue weighted by Crippen LogP contribution is 2.26. The van der Waals surface area contributed by atoms with Gasteiger partial charge in [0.2, 0.25) is 0 Å². The fourth-order valence-corrected chi connectivity index (χ4v) is 2.76. The molecule has 1 aliphatic rings. The minimum absolute atomic E-state index is 0.525. The molecular weight excluding hydrogens is 232 g/mol. The Morgan fingerprint density at radius 2 is 2.12 bits per heavy atom. The van der Waals surface area contributed by atoms with Crippen molar-refractivity contribution in [2.75, 3.05) is 19.6 Å². The highest BCUT2D eigenvalue weighted by molar-refractivity contribution is 6.30. The number of hydrogen-bond donors (Lipinski definition) is 1. The van der Waals surface area contributed by atoms with Gasteiger partial charge < -0.3 is 5.32 Å². The molecule has 0 radical (unpaired) electrons. The van der Waals surface area contributed by atoms with Crippen molar-refractivity contribution in [1.29, 1.82) is 0 Å². The van der Waals surface area contributed by atoms with E-state index in [0.717, 1.165) is 31.1 Å². The van der Waals surface area contributed by atoms with Crippen LogP contribution in [-0.2, 0) is 0 Å². The average molecular weight is 253 g/mol. The maximum atomic E-state index is 5.94. The van der Waals surface area contributed by atoms with Crippen LogP contribution in [0.3, 0.4) is 0 Å². The summed E-state index contributed by atoms with van der Waals surface area (Å²) in [4.78, 5) is 2.57. The molecule has 0 aliphatic carbocycles. The van der Waals surface area contributed by atoms with E-state index in [1.165, 1.54) is 5.56 Å². The molecule has 1 saturated heterocycles. The van der Waals surface area contributed by atoms with E-state index in [1.54, 1.807) is 0 Å². The molecular formula is C14H21ClN2. The van der Waals surface area contributed by atoms with Crippen LogP contribution >= 0.6 is 11.6 Å². The third-order valence-electron chi connectivity index (χ3n) is 3.48. The van der Waals surface area contributed by atoms with Gasteiger partial charge in [-0.05, 0) is 31.0 Å². The topological polar surface area (TPSA) is 15.3 Å². The standard InChI is InChI=1S/C14H21ClN2/c1-3-14(12-4-6-13(15)7-5-12)17-9-8-16-11(2)10-17/h4-7,11,14,16H,3,8-10H2,1-2H3. The fraction of sp³-hybridized carbons (Fsp3) is 0.571. The van der Waals surface area contributed by atoms with Crippen molar-refractivity contribution in [1.82, 2.24) is 10.2 Å². The van der Waals surface area contributed by atoms with Gasteiger partial charge in [-0.25, -0.2) is 0 Å². The lowest BCUT2D eigenvalue weighted by atomic mass is 10.0. The Morgan fingerprint density at radius 1 is 1.41 bits per heavy atom. The molecule has 2 nitrogen and oxygen atoms in total. The Hall–Kier alpha value is -0.570.